The number of thiophene rings is 1. The number of nitrogens with one attached hydrogen (secondary N) is 4. The summed E-state index contributed by atoms with van der Waals surface area (Å²) >= 11 is 1.28. The molecule has 0 spiro atoms. The molecule has 4 aromatic rings. The Bertz CT molecular complexity index is 1410. The van der Waals surface area contributed by atoms with E-state index in [0.717, 1.165) is 23.7 Å². The van der Waals surface area contributed by atoms with Crippen LogP contribution in [0.5, 0.6) is 0 Å². The van der Waals surface area contributed by atoms with Gasteiger partial charge in [0.05, 0.1) is 40.7 Å². The molecule has 12 heteroatoms. The highest BCUT2D eigenvalue weighted by atomic mass is 32.1. The lowest BCUT2D eigenvalue weighted by Crippen LogP contribution is -2.49. The fraction of sp³-hybridized carbons (Fsp3) is 0.308. The first-order valence-electron chi connectivity index (χ1n) is 12.1. The van der Waals surface area contributed by atoms with Gasteiger partial charge < -0.3 is 20.7 Å². The van der Waals surface area contributed by atoms with Crippen molar-refractivity contribution in [3.63, 3.8) is 0 Å². The first kappa shape index (κ1) is 26.7. The van der Waals surface area contributed by atoms with E-state index in [1.54, 1.807) is 37.6 Å². The zero-order valence-corrected chi connectivity index (χ0v) is 22.1. The SMILES string of the molecule is COC(=O)C(CNC(=O)c1cccs1)NC(=O)c1c(C)nc(NCCCc2ccc3cn[nH]c3c2)nc1C. The number of amides is 2. The molecular weight excluding hydrogens is 506 g/mol. The van der Waals surface area contributed by atoms with Crippen molar-refractivity contribution in [1.82, 2.24) is 30.8 Å². The summed E-state index contributed by atoms with van der Waals surface area (Å²) in [7, 11) is 1.22. The number of aryl methyl sites for hydroxylation is 3. The maximum atomic E-state index is 13.1. The van der Waals surface area contributed by atoms with Crippen LogP contribution >= 0.6 is 11.3 Å². The average molecular weight is 536 g/mol. The molecule has 0 aliphatic rings. The fourth-order valence-electron chi connectivity index (χ4n) is 4.01. The summed E-state index contributed by atoms with van der Waals surface area (Å²) < 4.78 is 4.81. The second-order valence-corrected chi connectivity index (χ2v) is 9.60. The standard InChI is InChI=1S/C26H29N7O4S/c1-15-22(24(35)32-20(25(36)37-3)14-28-23(34)21-7-5-11-38-21)16(2)31-26(30-15)27-10-4-6-17-8-9-18-13-29-33-19(18)12-17/h5,7-9,11-13,20H,4,6,10,14H2,1-3H3,(H,28,34)(H,29,33)(H,32,35)(H,27,30,31). The number of aromatic amines is 1. The molecule has 1 aromatic carbocycles. The first-order valence-corrected chi connectivity index (χ1v) is 12.9. The monoisotopic (exact) mass is 535 g/mol. The van der Waals surface area contributed by atoms with E-state index in [-0.39, 0.29) is 18.0 Å². The average Bonchev–Trinajstić information content (AvgIpc) is 3.60. The van der Waals surface area contributed by atoms with Crippen molar-refractivity contribution in [2.24, 2.45) is 0 Å². The van der Waals surface area contributed by atoms with Gasteiger partial charge in [0, 0.05) is 18.5 Å². The molecule has 11 nitrogen and oxygen atoms in total. The van der Waals surface area contributed by atoms with Gasteiger partial charge in [-0.3, -0.25) is 14.7 Å². The predicted molar refractivity (Wildman–Crippen MR) is 144 cm³/mol. The van der Waals surface area contributed by atoms with Crippen LogP contribution in [0.1, 0.15) is 43.4 Å². The van der Waals surface area contributed by atoms with Gasteiger partial charge in [-0.15, -0.1) is 11.3 Å². The number of anilines is 1. The van der Waals surface area contributed by atoms with E-state index in [0.29, 0.717) is 28.8 Å². The van der Waals surface area contributed by atoms with Gasteiger partial charge in [-0.25, -0.2) is 14.8 Å². The number of rotatable bonds is 11. The van der Waals surface area contributed by atoms with Crippen LogP contribution in [0.4, 0.5) is 5.95 Å². The van der Waals surface area contributed by atoms with Crippen molar-refractivity contribution in [2.75, 3.05) is 25.5 Å². The lowest BCUT2D eigenvalue weighted by molar-refractivity contribution is -0.142. The molecule has 1 atom stereocenters. The van der Waals surface area contributed by atoms with E-state index in [2.05, 4.69) is 48.2 Å². The van der Waals surface area contributed by atoms with Crippen LogP contribution in [0.15, 0.2) is 41.9 Å². The van der Waals surface area contributed by atoms with E-state index in [9.17, 15) is 14.4 Å². The maximum absolute atomic E-state index is 13.1. The Balaban J connectivity index is 1.33. The molecule has 0 saturated heterocycles. The molecule has 0 bridgehead atoms. The van der Waals surface area contributed by atoms with Crippen molar-refractivity contribution >= 4 is 46.0 Å². The summed E-state index contributed by atoms with van der Waals surface area (Å²) in [6, 6.07) is 8.58. The van der Waals surface area contributed by atoms with Gasteiger partial charge in [-0.1, -0.05) is 18.2 Å². The number of H-pyrrole nitrogens is 1. The number of carbonyl (C=O) groups excluding carboxylic acids is 3. The molecule has 1 unspecified atom stereocenters. The second kappa shape index (κ2) is 12.3. The molecule has 3 heterocycles. The third kappa shape index (κ3) is 6.51. The first-order chi connectivity index (χ1) is 18.4. The summed E-state index contributed by atoms with van der Waals surface area (Å²) in [5.74, 6) is -1.11. The number of nitrogens with zero attached hydrogens (tertiary/aromatic N) is 3. The highest BCUT2D eigenvalue weighted by molar-refractivity contribution is 7.12. The lowest BCUT2D eigenvalue weighted by atomic mass is 10.1. The van der Waals surface area contributed by atoms with Crippen LogP contribution in [0.25, 0.3) is 10.9 Å². The second-order valence-electron chi connectivity index (χ2n) is 8.65. The number of aromatic nitrogens is 4. The molecule has 0 saturated carbocycles. The molecule has 0 radical (unpaired) electrons. The molecule has 38 heavy (non-hydrogen) atoms. The van der Waals surface area contributed by atoms with Gasteiger partial charge in [-0.05, 0) is 49.8 Å². The van der Waals surface area contributed by atoms with E-state index in [4.69, 9.17) is 4.74 Å². The largest absolute Gasteiger partial charge is 0.467 e. The van der Waals surface area contributed by atoms with Crippen molar-refractivity contribution < 1.29 is 19.1 Å². The van der Waals surface area contributed by atoms with Crippen molar-refractivity contribution in [3.05, 3.63) is 69.3 Å². The zero-order valence-electron chi connectivity index (χ0n) is 21.3. The maximum Gasteiger partial charge on any atom is 0.330 e. The van der Waals surface area contributed by atoms with Crippen LogP contribution in [-0.4, -0.2) is 64.2 Å². The van der Waals surface area contributed by atoms with Crippen LogP contribution in [0.2, 0.25) is 0 Å². The molecule has 0 aliphatic carbocycles. The number of fused-ring (bicyclic) bond motifs is 1. The van der Waals surface area contributed by atoms with Gasteiger partial charge in [0.25, 0.3) is 11.8 Å². The number of methoxy groups -OCH3 is 1. The van der Waals surface area contributed by atoms with Gasteiger partial charge in [0.2, 0.25) is 5.95 Å². The summed E-state index contributed by atoms with van der Waals surface area (Å²) in [6.45, 7) is 3.95. The van der Waals surface area contributed by atoms with E-state index < -0.39 is 17.9 Å². The Morgan fingerprint density at radius 3 is 2.61 bits per heavy atom. The summed E-state index contributed by atoms with van der Waals surface area (Å²) in [4.78, 5) is 46.9. The Morgan fingerprint density at radius 2 is 1.89 bits per heavy atom. The molecule has 0 aliphatic heterocycles. The molecule has 2 amide bonds. The quantitative estimate of drug-likeness (QED) is 0.169. The highest BCUT2D eigenvalue weighted by Crippen LogP contribution is 2.16. The topological polar surface area (TPSA) is 151 Å². The van der Waals surface area contributed by atoms with E-state index >= 15 is 0 Å². The van der Waals surface area contributed by atoms with Crippen LogP contribution in [0.3, 0.4) is 0 Å². The Labute approximate surface area is 223 Å². The smallest absolute Gasteiger partial charge is 0.330 e. The van der Waals surface area contributed by atoms with Crippen LogP contribution in [-0.2, 0) is 16.0 Å². The number of ether oxygens (including phenoxy) is 1. The van der Waals surface area contributed by atoms with Crippen molar-refractivity contribution in [1.29, 1.82) is 0 Å². The highest BCUT2D eigenvalue weighted by Gasteiger charge is 2.25. The van der Waals surface area contributed by atoms with Gasteiger partial charge in [0.1, 0.15) is 6.04 Å². The molecule has 198 valence electrons. The zero-order chi connectivity index (χ0) is 27.1. The van der Waals surface area contributed by atoms with Crippen LogP contribution < -0.4 is 16.0 Å². The fourth-order valence-corrected chi connectivity index (χ4v) is 4.65. The molecule has 4 N–H and O–H groups in total. The minimum Gasteiger partial charge on any atom is -0.467 e. The Kier molecular flexibility index (Phi) is 8.64. The molecule has 4 rings (SSSR count). The van der Waals surface area contributed by atoms with Crippen LogP contribution in [0, 0.1) is 13.8 Å². The van der Waals surface area contributed by atoms with Gasteiger partial charge in [0.15, 0.2) is 0 Å². The van der Waals surface area contributed by atoms with Crippen molar-refractivity contribution in [2.45, 2.75) is 32.7 Å². The number of esters is 1. The minimum atomic E-state index is -1.08. The third-order valence-electron chi connectivity index (χ3n) is 5.93. The lowest BCUT2D eigenvalue weighted by Gasteiger charge is -2.18. The number of carbonyl (C=O) groups is 3. The van der Waals surface area contributed by atoms with E-state index in [1.807, 2.05) is 6.07 Å². The Morgan fingerprint density at radius 1 is 1.11 bits per heavy atom. The number of benzene rings is 1. The molecular formula is C26H29N7O4S. The third-order valence-corrected chi connectivity index (χ3v) is 6.80. The summed E-state index contributed by atoms with van der Waals surface area (Å²) in [6.07, 6.45) is 3.53. The number of hydrogen-bond donors (Lipinski definition) is 4. The Hall–Kier alpha value is -4.32. The minimum absolute atomic E-state index is 0.124. The summed E-state index contributed by atoms with van der Waals surface area (Å²) in [5.41, 5.74) is 3.41. The summed E-state index contributed by atoms with van der Waals surface area (Å²) in [5, 5.41) is 18.4. The van der Waals surface area contributed by atoms with Gasteiger partial charge >= 0.3 is 5.97 Å². The molecule has 0 fully saturated rings. The van der Waals surface area contributed by atoms with Crippen molar-refractivity contribution in [3.8, 4) is 0 Å². The van der Waals surface area contributed by atoms with E-state index in [1.165, 1.54) is 24.0 Å². The predicted octanol–water partition coefficient (Wildman–Crippen LogP) is 2.78. The number of hydrogen-bond acceptors (Lipinski definition) is 9. The normalized spacial score (nSPS) is 11.7. The van der Waals surface area contributed by atoms with Gasteiger partial charge in [-0.2, -0.15) is 5.10 Å². The molecule has 3 aromatic heterocycles.